The maximum atomic E-state index is 8.68. The number of carbonyl (C=O) groups excluding carboxylic acids is 1. The van der Waals surface area contributed by atoms with Crippen LogP contribution in [0.25, 0.3) is 0 Å². The molecule has 0 unspecified atom stereocenters. The Balaban J connectivity index is -0.0000000200. The van der Waals surface area contributed by atoms with Crippen LogP contribution in [0.1, 0.15) is 6.92 Å². The molecule has 3 heteroatoms. The van der Waals surface area contributed by atoms with Crippen molar-refractivity contribution in [1.82, 2.24) is 0 Å². The van der Waals surface area contributed by atoms with Gasteiger partial charge in [-0.2, -0.15) is 6.92 Å². The van der Waals surface area contributed by atoms with E-state index >= 15 is 0 Å². The van der Waals surface area contributed by atoms with Crippen LogP contribution in [0.5, 0.6) is 0 Å². The van der Waals surface area contributed by atoms with Gasteiger partial charge in [-0.25, -0.2) is 0 Å². The summed E-state index contributed by atoms with van der Waals surface area (Å²) in [6.07, 6.45) is 1.50. The van der Waals surface area contributed by atoms with Gasteiger partial charge in [-0.15, -0.1) is 0 Å². The Morgan fingerprint density at radius 2 is 1.60 bits per heavy atom. The van der Waals surface area contributed by atoms with Crippen LogP contribution in [-0.4, -0.2) is 23.6 Å². The maximum Gasteiger partial charge on any atom is 1.00 e. The van der Waals surface area contributed by atoms with Gasteiger partial charge in [-0.05, 0) is 0 Å². The van der Waals surface area contributed by atoms with Gasteiger partial charge in [0.1, 0.15) is 0 Å². The van der Waals surface area contributed by atoms with Crippen LogP contribution in [0.3, 0.4) is 0 Å². The van der Waals surface area contributed by atoms with E-state index in [1.54, 1.807) is 0 Å². The molecule has 0 bridgehead atoms. The number of rotatable bonds is 0. The van der Waals surface area contributed by atoms with Gasteiger partial charge in [0, 0.05) is 0 Å². The fourth-order valence-corrected chi connectivity index (χ4v) is 0. The molecule has 0 saturated heterocycles. The molecule has 1 nitrogen and oxygen atoms in total. The Kier molecular flexibility index (Phi) is 76.0. The quantitative estimate of drug-likeness (QED) is 0.306. The molecule has 0 aromatic rings. The minimum atomic E-state index is 0. The first kappa shape index (κ1) is 17.2. The second kappa shape index (κ2) is 22.1. The Morgan fingerprint density at radius 1 is 1.60 bits per heavy atom. The fourth-order valence-electron chi connectivity index (χ4n) is 0. The van der Waals surface area contributed by atoms with Crippen molar-refractivity contribution in [3.8, 4) is 0 Å². The van der Waals surface area contributed by atoms with E-state index in [9.17, 15) is 0 Å². The summed E-state index contributed by atoms with van der Waals surface area (Å²) in [5, 5.41) is 0. The molecule has 5 heavy (non-hydrogen) atoms. The zero-order valence-corrected chi connectivity index (χ0v) is 3.15. The van der Waals surface area contributed by atoms with Crippen molar-refractivity contribution in [3.05, 3.63) is 0 Å². The summed E-state index contributed by atoms with van der Waals surface area (Å²) in [6, 6.07) is 0. The summed E-state index contributed by atoms with van der Waals surface area (Å²) in [6.45, 7) is 1.32. The van der Waals surface area contributed by atoms with E-state index in [-0.39, 0.29) is 34.4 Å². The molecule has 0 radical (unpaired) electrons. The third kappa shape index (κ3) is 67.1. The van der Waals surface area contributed by atoms with Crippen LogP contribution in [0, 0.1) is 0 Å². The molecule has 0 N–H and O–H groups in total. The van der Waals surface area contributed by atoms with Crippen molar-refractivity contribution >= 4 is 23.6 Å². The molecule has 0 spiro atoms. The molecule has 0 aliphatic rings. The summed E-state index contributed by atoms with van der Waals surface area (Å²) in [5.41, 5.74) is 0. The van der Waals surface area contributed by atoms with Gasteiger partial charge in [0.15, 0.2) is 17.4 Å². The summed E-state index contributed by atoms with van der Waals surface area (Å²) in [5.74, 6) is 0. The smallest absolute Gasteiger partial charge is 0.542 e. The number of hydrogen-bond donors (Lipinski definition) is 0. The van der Waals surface area contributed by atoms with Crippen molar-refractivity contribution in [3.63, 3.8) is 0 Å². The zero-order valence-electron chi connectivity index (χ0n) is 2.21. The van der Waals surface area contributed by atoms with E-state index < -0.39 is 0 Å². The second-order valence-electron chi connectivity index (χ2n) is 0.204. The first-order valence-corrected chi connectivity index (χ1v) is 0.704. The van der Waals surface area contributed by atoms with Gasteiger partial charge in [0.25, 0.3) is 0 Å². The van der Waals surface area contributed by atoms with Crippen molar-refractivity contribution in [2.24, 2.45) is 0 Å². The van der Waals surface area contributed by atoms with E-state index in [4.69, 9.17) is 4.79 Å². The van der Waals surface area contributed by atoms with Crippen molar-refractivity contribution < 1.29 is 21.9 Å². The SMILES string of the molecule is C[C-]=O.[AlH3].[Cu+]. The average molecular weight is 137 g/mol. The molecular weight excluding hydrogens is 131 g/mol. The van der Waals surface area contributed by atoms with Crippen LogP contribution < -0.4 is 0 Å². The van der Waals surface area contributed by atoms with Crippen LogP contribution >= 0.6 is 0 Å². The summed E-state index contributed by atoms with van der Waals surface area (Å²) in [4.78, 5) is 8.68. The first-order valence-electron chi connectivity index (χ1n) is 0.704. The van der Waals surface area contributed by atoms with Crippen molar-refractivity contribution in [2.45, 2.75) is 6.92 Å². The molecule has 0 aliphatic heterocycles. The maximum absolute atomic E-state index is 8.68. The Hall–Kier alpha value is 0.722. The average Bonchev–Trinajstić information content (AvgIpc) is 0.918. The van der Waals surface area contributed by atoms with Gasteiger partial charge in [0.2, 0.25) is 0 Å². The van der Waals surface area contributed by atoms with E-state index in [0.717, 1.165) is 0 Å². The standard InChI is InChI=1S/C2H3O.Al.Cu.3H/c1-2-3;;;;;/h1H3;;;;;/q-1;;+1;;;. The molecule has 0 saturated carbocycles. The molecule has 0 aromatic heterocycles. The van der Waals surface area contributed by atoms with E-state index in [2.05, 4.69) is 0 Å². The molecule has 0 aliphatic carbocycles. The van der Waals surface area contributed by atoms with Crippen LogP contribution in [0.2, 0.25) is 0 Å². The van der Waals surface area contributed by atoms with Gasteiger partial charge in [0.05, 0.1) is 0 Å². The van der Waals surface area contributed by atoms with Crippen LogP contribution in [0.4, 0.5) is 0 Å². The molecule has 34 valence electrons. The largest absolute Gasteiger partial charge is 1.00 e. The fraction of sp³-hybridized carbons (Fsp3) is 0.500. The third-order valence-electron chi connectivity index (χ3n) is 0. The Labute approximate surface area is 52.7 Å². The Bertz CT molecular complexity index is 17.1. The summed E-state index contributed by atoms with van der Waals surface area (Å²) < 4.78 is 0. The number of hydrogen-bond acceptors (Lipinski definition) is 1. The minimum Gasteiger partial charge on any atom is -0.542 e. The molecule has 0 atom stereocenters. The van der Waals surface area contributed by atoms with Gasteiger partial charge in [-0.1, -0.05) is 0 Å². The predicted molar refractivity (Wildman–Crippen MR) is 21.3 cm³/mol. The normalized spacial score (nSPS) is 2.60. The molecule has 0 fully saturated rings. The van der Waals surface area contributed by atoms with Crippen molar-refractivity contribution in [2.75, 3.05) is 0 Å². The third-order valence-corrected chi connectivity index (χ3v) is 0. The zero-order chi connectivity index (χ0) is 2.71. The van der Waals surface area contributed by atoms with Gasteiger partial charge >= 0.3 is 17.1 Å². The molecule has 0 rings (SSSR count). The van der Waals surface area contributed by atoms with E-state index in [0.29, 0.717) is 0 Å². The first-order chi connectivity index (χ1) is 1.41. The molecular formula is C2H6AlCuO. The van der Waals surface area contributed by atoms with Gasteiger partial charge < -0.3 is 4.79 Å². The molecule has 0 amide bonds. The summed E-state index contributed by atoms with van der Waals surface area (Å²) >= 11 is 0. The van der Waals surface area contributed by atoms with E-state index in [1.807, 2.05) is 0 Å². The minimum absolute atomic E-state index is 0. The second-order valence-corrected chi connectivity index (χ2v) is 0.204. The monoisotopic (exact) mass is 136 g/mol. The van der Waals surface area contributed by atoms with Crippen molar-refractivity contribution in [1.29, 1.82) is 0 Å². The van der Waals surface area contributed by atoms with Crippen LogP contribution in [0.15, 0.2) is 0 Å². The van der Waals surface area contributed by atoms with Gasteiger partial charge in [-0.3, -0.25) is 6.29 Å². The molecule has 0 heterocycles. The van der Waals surface area contributed by atoms with E-state index in [1.165, 1.54) is 13.2 Å². The molecule has 0 aromatic carbocycles. The predicted octanol–water partition coefficient (Wildman–Crippen LogP) is -1.07. The topological polar surface area (TPSA) is 17.1 Å². The summed E-state index contributed by atoms with van der Waals surface area (Å²) in [7, 11) is 0. The Morgan fingerprint density at radius 3 is 1.60 bits per heavy atom. The van der Waals surface area contributed by atoms with Crippen LogP contribution in [-0.2, 0) is 21.9 Å².